The van der Waals surface area contributed by atoms with Gasteiger partial charge in [0.05, 0.1) is 10.7 Å². The molecule has 0 unspecified atom stereocenters. The third-order valence-corrected chi connectivity index (χ3v) is 3.88. The fourth-order valence-corrected chi connectivity index (χ4v) is 2.86. The van der Waals surface area contributed by atoms with Gasteiger partial charge < -0.3 is 5.11 Å². The second-order valence-corrected chi connectivity index (χ2v) is 5.47. The van der Waals surface area contributed by atoms with Gasteiger partial charge in [0.2, 0.25) is 5.88 Å². The van der Waals surface area contributed by atoms with Crippen LogP contribution in [0.4, 0.5) is 0 Å². The summed E-state index contributed by atoms with van der Waals surface area (Å²) in [4.78, 5) is 8.70. The predicted octanol–water partition coefficient (Wildman–Crippen LogP) is 4.03. The summed E-state index contributed by atoms with van der Waals surface area (Å²) in [7, 11) is 0. The van der Waals surface area contributed by atoms with Crippen molar-refractivity contribution in [3.05, 3.63) is 39.5 Å². The lowest BCUT2D eigenvalue weighted by Crippen LogP contribution is -2.08. The van der Waals surface area contributed by atoms with Gasteiger partial charge in [-0.25, -0.2) is 4.98 Å². The zero-order chi connectivity index (χ0) is 13.4. The Morgan fingerprint density at radius 2 is 1.84 bits per heavy atom. The van der Waals surface area contributed by atoms with E-state index >= 15 is 0 Å². The van der Waals surface area contributed by atoms with E-state index in [4.69, 9.17) is 23.2 Å². The van der Waals surface area contributed by atoms with Gasteiger partial charge in [-0.05, 0) is 43.9 Å². The number of nitrogens with zero attached hydrogens (tertiary/aromatic N) is 2. The van der Waals surface area contributed by atoms with Crippen LogP contribution in [0.2, 0.25) is 10.0 Å². The molecule has 5 heteroatoms. The van der Waals surface area contributed by atoms with E-state index in [0.717, 1.165) is 36.9 Å². The van der Waals surface area contributed by atoms with Crippen molar-refractivity contribution in [1.82, 2.24) is 9.97 Å². The summed E-state index contributed by atoms with van der Waals surface area (Å²) >= 11 is 12.0. The van der Waals surface area contributed by atoms with Crippen LogP contribution in [0.3, 0.4) is 0 Å². The van der Waals surface area contributed by atoms with Gasteiger partial charge in [-0.2, -0.15) is 4.98 Å². The highest BCUT2D eigenvalue weighted by Crippen LogP contribution is 2.32. The van der Waals surface area contributed by atoms with E-state index < -0.39 is 0 Å². The number of hydrogen-bond acceptors (Lipinski definition) is 3. The second-order valence-electron chi connectivity index (χ2n) is 4.63. The molecule has 3 nitrogen and oxygen atoms in total. The first-order chi connectivity index (χ1) is 9.15. The average Bonchev–Trinajstić information content (AvgIpc) is 2.38. The number of hydrogen-bond donors (Lipinski definition) is 1. The lowest BCUT2D eigenvalue weighted by Gasteiger charge is -2.16. The Bertz CT molecular complexity index is 644. The predicted molar refractivity (Wildman–Crippen MR) is 75.8 cm³/mol. The molecule has 2 aromatic rings. The number of aryl methyl sites for hydroxylation is 1. The number of aromatic nitrogens is 2. The zero-order valence-corrected chi connectivity index (χ0v) is 11.7. The van der Waals surface area contributed by atoms with E-state index in [9.17, 15) is 5.11 Å². The molecule has 0 atom stereocenters. The van der Waals surface area contributed by atoms with Gasteiger partial charge >= 0.3 is 0 Å². The molecule has 1 aliphatic carbocycles. The van der Waals surface area contributed by atoms with Crippen LogP contribution < -0.4 is 0 Å². The summed E-state index contributed by atoms with van der Waals surface area (Å²) in [5.41, 5.74) is 2.49. The molecule has 3 rings (SSSR count). The minimum atomic E-state index is 0.0747. The molecular weight excluding hydrogens is 283 g/mol. The Balaban J connectivity index is 2.13. The summed E-state index contributed by atoms with van der Waals surface area (Å²) < 4.78 is 0. The third kappa shape index (κ3) is 2.40. The normalized spacial score (nSPS) is 14.2. The van der Waals surface area contributed by atoms with Gasteiger partial charge in [-0.15, -0.1) is 0 Å². The van der Waals surface area contributed by atoms with Crippen molar-refractivity contribution in [2.24, 2.45) is 0 Å². The van der Waals surface area contributed by atoms with Crippen molar-refractivity contribution in [3.63, 3.8) is 0 Å². The van der Waals surface area contributed by atoms with E-state index in [1.54, 1.807) is 18.2 Å². The number of fused-ring (bicyclic) bond motifs is 1. The Morgan fingerprint density at radius 1 is 1.05 bits per heavy atom. The standard InChI is InChI=1S/C14H12Cl2N2O/c15-8-5-6-9(11(16)7-8)13-17-12-4-2-1-3-10(12)14(19)18-13/h5-7H,1-4H2,(H,17,18,19). The first-order valence-corrected chi connectivity index (χ1v) is 6.95. The highest BCUT2D eigenvalue weighted by atomic mass is 35.5. The smallest absolute Gasteiger partial charge is 0.217 e. The van der Waals surface area contributed by atoms with Gasteiger partial charge in [0.15, 0.2) is 5.82 Å². The second kappa shape index (κ2) is 4.99. The van der Waals surface area contributed by atoms with Crippen LogP contribution in [0.1, 0.15) is 24.1 Å². The molecule has 1 N–H and O–H groups in total. The van der Waals surface area contributed by atoms with Crippen molar-refractivity contribution >= 4 is 23.2 Å². The molecule has 0 spiro atoms. The molecule has 0 aliphatic heterocycles. The van der Waals surface area contributed by atoms with Crippen molar-refractivity contribution in [1.29, 1.82) is 0 Å². The Labute approximate surface area is 121 Å². The van der Waals surface area contributed by atoms with Gasteiger partial charge in [0, 0.05) is 16.1 Å². The van der Waals surface area contributed by atoms with Crippen LogP contribution in [0.15, 0.2) is 18.2 Å². The molecule has 1 aromatic carbocycles. The van der Waals surface area contributed by atoms with Gasteiger partial charge in [-0.1, -0.05) is 23.2 Å². The van der Waals surface area contributed by atoms with Crippen LogP contribution in [-0.2, 0) is 12.8 Å². The molecule has 0 fully saturated rings. The maximum atomic E-state index is 10.0. The van der Waals surface area contributed by atoms with Crippen LogP contribution >= 0.6 is 23.2 Å². The molecule has 1 heterocycles. The van der Waals surface area contributed by atoms with Crippen molar-refractivity contribution in [2.45, 2.75) is 25.7 Å². The highest BCUT2D eigenvalue weighted by Gasteiger charge is 2.18. The van der Waals surface area contributed by atoms with Crippen LogP contribution in [0.5, 0.6) is 5.88 Å². The van der Waals surface area contributed by atoms with Gasteiger partial charge in [-0.3, -0.25) is 0 Å². The van der Waals surface area contributed by atoms with Crippen molar-refractivity contribution < 1.29 is 5.11 Å². The van der Waals surface area contributed by atoms with Crippen molar-refractivity contribution in [3.8, 4) is 17.3 Å². The summed E-state index contributed by atoms with van der Waals surface area (Å²) in [5, 5.41) is 11.1. The minimum Gasteiger partial charge on any atom is -0.493 e. The first-order valence-electron chi connectivity index (χ1n) is 6.19. The summed E-state index contributed by atoms with van der Waals surface area (Å²) in [5.74, 6) is 0.533. The molecule has 98 valence electrons. The molecule has 1 aromatic heterocycles. The summed E-state index contributed by atoms with van der Waals surface area (Å²) in [6.45, 7) is 0. The Hall–Kier alpha value is -1.32. The number of halogens is 2. The first kappa shape index (κ1) is 12.7. The number of rotatable bonds is 1. The van der Waals surface area contributed by atoms with E-state index in [1.807, 2.05) is 0 Å². The average molecular weight is 295 g/mol. The maximum Gasteiger partial charge on any atom is 0.217 e. The Kier molecular flexibility index (Phi) is 3.33. The van der Waals surface area contributed by atoms with E-state index in [1.165, 1.54) is 0 Å². The largest absolute Gasteiger partial charge is 0.493 e. The summed E-state index contributed by atoms with van der Waals surface area (Å²) in [6, 6.07) is 5.16. The minimum absolute atomic E-state index is 0.0747. The maximum absolute atomic E-state index is 10.0. The van der Waals surface area contributed by atoms with Crippen LogP contribution in [0.25, 0.3) is 11.4 Å². The SMILES string of the molecule is Oc1nc(-c2ccc(Cl)cc2Cl)nc2c1CCCC2. The Morgan fingerprint density at radius 3 is 2.63 bits per heavy atom. The quantitative estimate of drug-likeness (QED) is 0.863. The monoisotopic (exact) mass is 294 g/mol. The molecular formula is C14H12Cl2N2O. The molecule has 19 heavy (non-hydrogen) atoms. The molecule has 0 bridgehead atoms. The lowest BCUT2D eigenvalue weighted by atomic mass is 9.96. The zero-order valence-electron chi connectivity index (χ0n) is 10.2. The van der Waals surface area contributed by atoms with Crippen LogP contribution in [0, 0.1) is 0 Å². The van der Waals surface area contributed by atoms with E-state index in [0.29, 0.717) is 21.4 Å². The molecule has 1 aliphatic rings. The molecule has 0 saturated carbocycles. The fourth-order valence-electron chi connectivity index (χ4n) is 2.37. The van der Waals surface area contributed by atoms with Crippen molar-refractivity contribution in [2.75, 3.05) is 0 Å². The topological polar surface area (TPSA) is 46.0 Å². The van der Waals surface area contributed by atoms with E-state index in [2.05, 4.69) is 9.97 Å². The lowest BCUT2D eigenvalue weighted by molar-refractivity contribution is 0.437. The fraction of sp³-hybridized carbons (Fsp3) is 0.286. The molecule has 0 amide bonds. The molecule has 0 radical (unpaired) electrons. The number of aromatic hydroxyl groups is 1. The molecule has 0 saturated heterocycles. The van der Waals surface area contributed by atoms with Gasteiger partial charge in [0.1, 0.15) is 0 Å². The highest BCUT2D eigenvalue weighted by molar-refractivity contribution is 6.36. The third-order valence-electron chi connectivity index (χ3n) is 3.33. The number of benzene rings is 1. The summed E-state index contributed by atoms with van der Waals surface area (Å²) in [6.07, 6.45) is 3.89. The van der Waals surface area contributed by atoms with E-state index in [-0.39, 0.29) is 5.88 Å². The van der Waals surface area contributed by atoms with Crippen LogP contribution in [-0.4, -0.2) is 15.1 Å². The van der Waals surface area contributed by atoms with Gasteiger partial charge in [0.25, 0.3) is 0 Å².